The molecule has 0 spiro atoms. The molecule has 0 bridgehead atoms. The number of nitrogen functional groups attached to an aromatic ring is 1. The molecule has 0 saturated heterocycles. The lowest BCUT2D eigenvalue weighted by Crippen LogP contribution is -2.26. The lowest BCUT2D eigenvalue weighted by atomic mass is 10.2. The van der Waals surface area contributed by atoms with Crippen molar-refractivity contribution in [2.75, 3.05) is 16.9 Å². The van der Waals surface area contributed by atoms with Crippen LogP contribution in [0.3, 0.4) is 0 Å². The molecule has 3 rings (SSSR count). The van der Waals surface area contributed by atoms with Gasteiger partial charge in [0.2, 0.25) is 5.95 Å². The summed E-state index contributed by atoms with van der Waals surface area (Å²) in [6.45, 7) is -0.662. The minimum atomic E-state index is -2.66. The van der Waals surface area contributed by atoms with E-state index in [2.05, 4.69) is 36.3 Å². The zero-order chi connectivity index (χ0) is 18.0. The minimum Gasteiger partial charge on any atom is -0.318 e. The molecule has 10 heteroatoms. The summed E-state index contributed by atoms with van der Waals surface area (Å²) in [5, 5.41) is 0.277. The van der Waals surface area contributed by atoms with Crippen molar-refractivity contribution in [2.45, 2.75) is 6.43 Å². The number of anilines is 3. The average molecular weight is 413 g/mol. The Morgan fingerprint density at radius 3 is 2.68 bits per heavy atom. The Labute approximate surface area is 149 Å². The van der Waals surface area contributed by atoms with Gasteiger partial charge in [0.15, 0.2) is 0 Å². The summed E-state index contributed by atoms with van der Waals surface area (Å²) in [5.74, 6) is 4.96. The predicted molar refractivity (Wildman–Crippen MR) is 92.3 cm³/mol. The Bertz CT molecular complexity index is 908. The van der Waals surface area contributed by atoms with Crippen molar-refractivity contribution in [1.29, 1.82) is 0 Å². The summed E-state index contributed by atoms with van der Waals surface area (Å²) >= 11 is 3.26. The highest BCUT2D eigenvalue weighted by atomic mass is 79.9. The van der Waals surface area contributed by atoms with Gasteiger partial charge in [0, 0.05) is 16.1 Å². The number of aromatic nitrogens is 3. The molecular formula is C15H12BrF3N6. The van der Waals surface area contributed by atoms with E-state index in [1.807, 2.05) is 0 Å². The summed E-state index contributed by atoms with van der Waals surface area (Å²) < 4.78 is 40.7. The lowest BCUT2D eigenvalue weighted by molar-refractivity contribution is 0.158. The summed E-state index contributed by atoms with van der Waals surface area (Å²) in [5.41, 5.74) is 3.02. The number of nitrogens with two attached hydrogens (primary N) is 1. The van der Waals surface area contributed by atoms with Gasteiger partial charge in [-0.05, 0) is 40.2 Å². The monoisotopic (exact) mass is 412 g/mol. The van der Waals surface area contributed by atoms with Gasteiger partial charge in [-0.1, -0.05) is 0 Å². The van der Waals surface area contributed by atoms with E-state index in [0.717, 1.165) is 0 Å². The van der Waals surface area contributed by atoms with E-state index in [9.17, 15) is 13.2 Å². The molecule has 0 aliphatic rings. The first kappa shape index (κ1) is 17.4. The number of nitrogens with zero attached hydrogens (tertiary/aromatic N) is 4. The molecule has 3 aromatic rings. The molecule has 0 aliphatic heterocycles. The fraction of sp³-hybridized carbons (Fsp3) is 0.133. The number of benzene rings is 1. The van der Waals surface area contributed by atoms with E-state index in [1.54, 1.807) is 6.07 Å². The average Bonchev–Trinajstić information content (AvgIpc) is 2.58. The maximum atomic E-state index is 13.7. The largest absolute Gasteiger partial charge is 0.318 e. The van der Waals surface area contributed by atoms with Gasteiger partial charge in [0.25, 0.3) is 6.43 Å². The van der Waals surface area contributed by atoms with Crippen LogP contribution in [0.25, 0.3) is 10.9 Å². The van der Waals surface area contributed by atoms with Crippen LogP contribution in [0.5, 0.6) is 0 Å². The molecule has 0 unspecified atom stereocenters. The molecule has 25 heavy (non-hydrogen) atoms. The van der Waals surface area contributed by atoms with Crippen LogP contribution >= 0.6 is 15.9 Å². The Balaban J connectivity index is 2.25. The van der Waals surface area contributed by atoms with Gasteiger partial charge in [0.05, 0.1) is 23.9 Å². The molecule has 0 saturated carbocycles. The first-order valence-corrected chi connectivity index (χ1v) is 7.87. The van der Waals surface area contributed by atoms with Crippen molar-refractivity contribution >= 4 is 44.3 Å². The number of alkyl halides is 2. The zero-order valence-corrected chi connectivity index (χ0v) is 14.2. The molecule has 6 nitrogen and oxygen atoms in total. The number of hydrazine groups is 1. The van der Waals surface area contributed by atoms with Crippen LogP contribution in [0.2, 0.25) is 0 Å². The molecule has 2 heterocycles. The third-order valence-electron chi connectivity index (χ3n) is 3.35. The van der Waals surface area contributed by atoms with Crippen LogP contribution in [0.15, 0.2) is 41.1 Å². The third kappa shape index (κ3) is 3.80. The van der Waals surface area contributed by atoms with Crippen LogP contribution in [0.4, 0.5) is 30.6 Å². The fourth-order valence-electron chi connectivity index (χ4n) is 2.36. The summed E-state index contributed by atoms with van der Waals surface area (Å²) in [4.78, 5) is 13.5. The van der Waals surface area contributed by atoms with Crippen LogP contribution in [0.1, 0.15) is 0 Å². The standard InChI is InChI=1S/C15H12BrF3N6/c16-8-3-10(6-21-5-8)25(7-13(18)19)14-11-4-9(17)1-2-12(11)22-15(23-14)24-20/h1-6,13H,7,20H2,(H,22,23,24). The number of hydrogen-bond acceptors (Lipinski definition) is 6. The van der Waals surface area contributed by atoms with Gasteiger partial charge in [0.1, 0.15) is 11.6 Å². The van der Waals surface area contributed by atoms with Crippen molar-refractivity contribution < 1.29 is 13.2 Å². The molecule has 1 aromatic carbocycles. The van der Waals surface area contributed by atoms with Crippen molar-refractivity contribution in [3.8, 4) is 0 Å². The number of fused-ring (bicyclic) bond motifs is 1. The lowest BCUT2D eigenvalue weighted by Gasteiger charge is -2.25. The smallest absolute Gasteiger partial charge is 0.256 e. The summed E-state index contributed by atoms with van der Waals surface area (Å²) in [7, 11) is 0. The number of hydrogen-bond donors (Lipinski definition) is 2. The number of halogens is 4. The van der Waals surface area contributed by atoms with Crippen molar-refractivity contribution in [1.82, 2.24) is 15.0 Å². The minimum absolute atomic E-state index is 0.0244. The Kier molecular flexibility index (Phi) is 5.00. The molecule has 2 aromatic heterocycles. The molecule has 0 atom stereocenters. The quantitative estimate of drug-likeness (QED) is 0.492. The summed E-state index contributed by atoms with van der Waals surface area (Å²) in [6.07, 6.45) is 0.275. The first-order valence-electron chi connectivity index (χ1n) is 7.08. The number of rotatable bonds is 5. The van der Waals surface area contributed by atoms with Crippen LogP contribution in [0, 0.1) is 5.82 Å². The Morgan fingerprint density at radius 2 is 2.00 bits per heavy atom. The molecule has 3 N–H and O–H groups in total. The highest BCUT2D eigenvalue weighted by Crippen LogP contribution is 2.32. The van der Waals surface area contributed by atoms with Crippen LogP contribution in [-0.2, 0) is 0 Å². The fourth-order valence-corrected chi connectivity index (χ4v) is 2.71. The van der Waals surface area contributed by atoms with Gasteiger partial charge in [-0.2, -0.15) is 4.98 Å². The van der Waals surface area contributed by atoms with Gasteiger partial charge < -0.3 is 4.90 Å². The first-order chi connectivity index (χ1) is 12.0. The van der Waals surface area contributed by atoms with Crippen molar-refractivity contribution in [3.05, 3.63) is 46.9 Å². The van der Waals surface area contributed by atoms with Crippen LogP contribution < -0.4 is 16.2 Å². The van der Waals surface area contributed by atoms with Crippen molar-refractivity contribution in [3.63, 3.8) is 0 Å². The van der Waals surface area contributed by atoms with Crippen LogP contribution in [-0.4, -0.2) is 27.9 Å². The molecule has 0 aliphatic carbocycles. The maximum absolute atomic E-state index is 13.7. The molecular weight excluding hydrogens is 401 g/mol. The molecule has 0 radical (unpaired) electrons. The number of pyridine rings is 1. The Hall–Kier alpha value is -2.46. The second-order valence-electron chi connectivity index (χ2n) is 5.04. The van der Waals surface area contributed by atoms with E-state index in [1.165, 1.54) is 35.5 Å². The van der Waals surface area contributed by atoms with Crippen molar-refractivity contribution in [2.24, 2.45) is 5.84 Å². The molecule has 0 amide bonds. The topological polar surface area (TPSA) is 80.0 Å². The third-order valence-corrected chi connectivity index (χ3v) is 3.78. The van der Waals surface area contributed by atoms with E-state index >= 15 is 0 Å². The van der Waals surface area contributed by atoms with Gasteiger partial charge in [-0.25, -0.2) is 24.0 Å². The van der Waals surface area contributed by atoms with Gasteiger partial charge in [-0.3, -0.25) is 10.4 Å². The van der Waals surface area contributed by atoms with E-state index < -0.39 is 18.8 Å². The highest BCUT2D eigenvalue weighted by Gasteiger charge is 2.21. The van der Waals surface area contributed by atoms with E-state index in [0.29, 0.717) is 15.7 Å². The molecule has 0 fully saturated rings. The Morgan fingerprint density at radius 1 is 1.20 bits per heavy atom. The number of nitrogens with one attached hydrogen (secondary N) is 1. The molecule has 130 valence electrons. The van der Waals surface area contributed by atoms with E-state index in [-0.39, 0.29) is 17.2 Å². The highest BCUT2D eigenvalue weighted by molar-refractivity contribution is 9.10. The second-order valence-corrected chi connectivity index (χ2v) is 5.96. The summed E-state index contributed by atoms with van der Waals surface area (Å²) in [6, 6.07) is 5.45. The van der Waals surface area contributed by atoms with Gasteiger partial charge >= 0.3 is 0 Å². The zero-order valence-electron chi connectivity index (χ0n) is 12.6. The maximum Gasteiger partial charge on any atom is 0.256 e. The predicted octanol–water partition coefficient (Wildman–Crippen LogP) is 3.62. The normalized spacial score (nSPS) is 11.1. The second kappa shape index (κ2) is 7.19. The van der Waals surface area contributed by atoms with E-state index in [4.69, 9.17) is 5.84 Å². The SMILES string of the molecule is NNc1nc(N(CC(F)F)c2cncc(Br)c2)c2cc(F)ccc2n1. The van der Waals surface area contributed by atoms with Gasteiger partial charge in [-0.15, -0.1) is 0 Å².